The molecule has 0 bridgehead atoms. The van der Waals surface area contributed by atoms with Crippen LogP contribution in [0.2, 0.25) is 0 Å². The van der Waals surface area contributed by atoms with E-state index in [1.54, 1.807) is 18.2 Å². The standard InChI is InChI=1S/C12H14N2O3/c15-12(14-5-3-13-4-6-14)9-1-2-10-11(7-9)17-8-16-10/h1-2,7,13H,3-6,8H2. The highest BCUT2D eigenvalue weighted by atomic mass is 16.7. The van der Waals surface area contributed by atoms with Crippen LogP contribution in [0.25, 0.3) is 0 Å². The number of hydrogen-bond donors (Lipinski definition) is 1. The van der Waals surface area contributed by atoms with Crippen LogP contribution >= 0.6 is 0 Å². The molecule has 1 saturated heterocycles. The quantitative estimate of drug-likeness (QED) is 0.767. The number of carbonyl (C=O) groups is 1. The summed E-state index contributed by atoms with van der Waals surface area (Å²) in [7, 11) is 0. The molecule has 2 aliphatic heterocycles. The molecular formula is C12H14N2O3. The van der Waals surface area contributed by atoms with Gasteiger partial charge in [-0.1, -0.05) is 0 Å². The van der Waals surface area contributed by atoms with Gasteiger partial charge in [0.2, 0.25) is 6.79 Å². The van der Waals surface area contributed by atoms with Gasteiger partial charge in [-0.25, -0.2) is 0 Å². The SMILES string of the molecule is O=C(c1ccc2c(c1)OCO2)N1CCNCC1. The Morgan fingerprint density at radius 2 is 1.94 bits per heavy atom. The second-order valence-corrected chi connectivity index (χ2v) is 4.11. The Balaban J connectivity index is 1.81. The first-order valence-corrected chi connectivity index (χ1v) is 5.74. The third kappa shape index (κ3) is 1.93. The number of hydrogen-bond acceptors (Lipinski definition) is 4. The van der Waals surface area contributed by atoms with Crippen LogP contribution < -0.4 is 14.8 Å². The second-order valence-electron chi connectivity index (χ2n) is 4.11. The van der Waals surface area contributed by atoms with Crippen LogP contribution in [0.15, 0.2) is 18.2 Å². The lowest BCUT2D eigenvalue weighted by molar-refractivity contribution is 0.0735. The molecule has 0 atom stereocenters. The Labute approximate surface area is 99.3 Å². The van der Waals surface area contributed by atoms with E-state index in [9.17, 15) is 4.79 Å². The van der Waals surface area contributed by atoms with Crippen LogP contribution in [-0.4, -0.2) is 43.8 Å². The normalized spacial score (nSPS) is 18.2. The third-order valence-corrected chi connectivity index (χ3v) is 3.02. The predicted octanol–water partition coefficient (Wildman–Crippen LogP) is 0.461. The van der Waals surface area contributed by atoms with Crippen LogP contribution in [0.1, 0.15) is 10.4 Å². The molecule has 3 rings (SSSR count). The van der Waals surface area contributed by atoms with Gasteiger partial charge in [-0.05, 0) is 18.2 Å². The highest BCUT2D eigenvalue weighted by Gasteiger charge is 2.21. The molecule has 2 heterocycles. The Morgan fingerprint density at radius 3 is 2.76 bits per heavy atom. The Kier molecular flexibility index (Phi) is 2.60. The molecular weight excluding hydrogens is 220 g/mol. The van der Waals surface area contributed by atoms with E-state index in [1.165, 1.54) is 0 Å². The Bertz CT molecular complexity index is 441. The molecule has 90 valence electrons. The molecule has 5 nitrogen and oxygen atoms in total. The van der Waals surface area contributed by atoms with Gasteiger partial charge < -0.3 is 19.7 Å². The molecule has 1 amide bonds. The topological polar surface area (TPSA) is 50.8 Å². The zero-order valence-corrected chi connectivity index (χ0v) is 9.44. The van der Waals surface area contributed by atoms with Gasteiger partial charge in [0.15, 0.2) is 11.5 Å². The van der Waals surface area contributed by atoms with Gasteiger partial charge in [-0.2, -0.15) is 0 Å². The van der Waals surface area contributed by atoms with Crippen LogP contribution in [0.5, 0.6) is 11.5 Å². The van der Waals surface area contributed by atoms with Crippen molar-refractivity contribution >= 4 is 5.91 Å². The summed E-state index contributed by atoms with van der Waals surface area (Å²) in [6, 6.07) is 5.34. The summed E-state index contributed by atoms with van der Waals surface area (Å²) in [5.41, 5.74) is 0.663. The van der Waals surface area contributed by atoms with Crippen molar-refractivity contribution < 1.29 is 14.3 Å². The van der Waals surface area contributed by atoms with Gasteiger partial charge in [0.1, 0.15) is 0 Å². The monoisotopic (exact) mass is 234 g/mol. The Hall–Kier alpha value is -1.75. The molecule has 1 fully saturated rings. The molecule has 2 aliphatic rings. The van der Waals surface area contributed by atoms with E-state index in [2.05, 4.69) is 5.32 Å². The van der Waals surface area contributed by atoms with Crippen LogP contribution in [0, 0.1) is 0 Å². The van der Waals surface area contributed by atoms with Crippen molar-refractivity contribution in [3.8, 4) is 11.5 Å². The van der Waals surface area contributed by atoms with Crippen LogP contribution in [0.4, 0.5) is 0 Å². The summed E-state index contributed by atoms with van der Waals surface area (Å²) in [5, 5.41) is 3.22. The summed E-state index contributed by atoms with van der Waals surface area (Å²) >= 11 is 0. The number of ether oxygens (including phenoxy) is 2. The molecule has 1 aromatic carbocycles. The van der Waals surface area contributed by atoms with Crippen molar-refractivity contribution in [2.75, 3.05) is 33.0 Å². The fraction of sp³-hybridized carbons (Fsp3) is 0.417. The van der Waals surface area contributed by atoms with E-state index < -0.39 is 0 Å². The van der Waals surface area contributed by atoms with Crippen LogP contribution in [-0.2, 0) is 0 Å². The van der Waals surface area contributed by atoms with E-state index in [-0.39, 0.29) is 12.7 Å². The number of nitrogens with one attached hydrogen (secondary N) is 1. The molecule has 0 aromatic heterocycles. The Morgan fingerprint density at radius 1 is 1.18 bits per heavy atom. The first-order valence-electron chi connectivity index (χ1n) is 5.74. The molecule has 0 saturated carbocycles. The van der Waals surface area contributed by atoms with Gasteiger partial charge in [-0.3, -0.25) is 4.79 Å². The molecule has 0 radical (unpaired) electrons. The molecule has 0 spiro atoms. The molecule has 1 N–H and O–H groups in total. The second kappa shape index (κ2) is 4.25. The van der Waals surface area contributed by atoms with E-state index in [4.69, 9.17) is 9.47 Å². The van der Waals surface area contributed by atoms with Crippen molar-refractivity contribution in [3.63, 3.8) is 0 Å². The van der Waals surface area contributed by atoms with Crippen molar-refractivity contribution in [3.05, 3.63) is 23.8 Å². The predicted molar refractivity (Wildman–Crippen MR) is 61.3 cm³/mol. The largest absolute Gasteiger partial charge is 0.454 e. The zero-order chi connectivity index (χ0) is 11.7. The summed E-state index contributed by atoms with van der Waals surface area (Å²) in [6.45, 7) is 3.47. The van der Waals surface area contributed by atoms with E-state index in [1.807, 2.05) is 4.90 Å². The van der Waals surface area contributed by atoms with Gasteiger partial charge in [0.05, 0.1) is 0 Å². The highest BCUT2D eigenvalue weighted by molar-refractivity contribution is 5.95. The highest BCUT2D eigenvalue weighted by Crippen LogP contribution is 2.32. The minimum absolute atomic E-state index is 0.0600. The minimum atomic E-state index is 0.0600. The first-order chi connectivity index (χ1) is 8.34. The van der Waals surface area contributed by atoms with Gasteiger partial charge >= 0.3 is 0 Å². The van der Waals surface area contributed by atoms with E-state index in [0.717, 1.165) is 26.2 Å². The lowest BCUT2D eigenvalue weighted by Crippen LogP contribution is -2.46. The van der Waals surface area contributed by atoms with Gasteiger partial charge in [0.25, 0.3) is 5.91 Å². The number of benzene rings is 1. The maximum Gasteiger partial charge on any atom is 0.254 e. The average molecular weight is 234 g/mol. The molecule has 1 aromatic rings. The number of fused-ring (bicyclic) bond motifs is 1. The summed E-state index contributed by atoms with van der Waals surface area (Å²) < 4.78 is 10.5. The van der Waals surface area contributed by atoms with Gasteiger partial charge in [0, 0.05) is 31.7 Å². The van der Waals surface area contributed by atoms with E-state index in [0.29, 0.717) is 17.1 Å². The van der Waals surface area contributed by atoms with Gasteiger partial charge in [-0.15, -0.1) is 0 Å². The van der Waals surface area contributed by atoms with Crippen molar-refractivity contribution in [2.24, 2.45) is 0 Å². The molecule has 17 heavy (non-hydrogen) atoms. The lowest BCUT2D eigenvalue weighted by atomic mass is 10.1. The van der Waals surface area contributed by atoms with Crippen LogP contribution in [0.3, 0.4) is 0 Å². The maximum atomic E-state index is 12.2. The zero-order valence-electron chi connectivity index (χ0n) is 9.44. The van der Waals surface area contributed by atoms with Crippen molar-refractivity contribution in [1.29, 1.82) is 0 Å². The first kappa shape index (κ1) is 10.4. The fourth-order valence-corrected chi connectivity index (χ4v) is 2.08. The minimum Gasteiger partial charge on any atom is -0.454 e. The maximum absolute atomic E-state index is 12.2. The number of carbonyl (C=O) groups excluding carboxylic acids is 1. The lowest BCUT2D eigenvalue weighted by Gasteiger charge is -2.27. The number of amides is 1. The fourth-order valence-electron chi connectivity index (χ4n) is 2.08. The summed E-state index contributed by atoms with van der Waals surface area (Å²) in [4.78, 5) is 14.1. The van der Waals surface area contributed by atoms with E-state index >= 15 is 0 Å². The number of nitrogens with zero attached hydrogens (tertiary/aromatic N) is 1. The smallest absolute Gasteiger partial charge is 0.254 e. The van der Waals surface area contributed by atoms with Crippen molar-refractivity contribution in [1.82, 2.24) is 10.2 Å². The number of rotatable bonds is 1. The molecule has 0 aliphatic carbocycles. The number of piperazine rings is 1. The molecule has 5 heteroatoms. The summed E-state index contributed by atoms with van der Waals surface area (Å²) in [6.07, 6.45) is 0. The average Bonchev–Trinajstić information content (AvgIpc) is 2.86. The molecule has 0 unspecified atom stereocenters. The third-order valence-electron chi connectivity index (χ3n) is 3.02. The van der Waals surface area contributed by atoms with Crippen molar-refractivity contribution in [2.45, 2.75) is 0 Å². The summed E-state index contributed by atoms with van der Waals surface area (Å²) in [5.74, 6) is 1.43.